The van der Waals surface area contributed by atoms with Crippen molar-refractivity contribution in [3.05, 3.63) is 47.0 Å². The van der Waals surface area contributed by atoms with E-state index in [-0.39, 0.29) is 6.09 Å². The predicted molar refractivity (Wildman–Crippen MR) is 88.8 cm³/mol. The van der Waals surface area contributed by atoms with Gasteiger partial charge in [-0.25, -0.2) is 4.79 Å². The van der Waals surface area contributed by atoms with Crippen LogP contribution in [0.4, 0.5) is 18.0 Å². The molecule has 1 aliphatic heterocycles. The zero-order valence-corrected chi connectivity index (χ0v) is 14.4. The lowest BCUT2D eigenvalue weighted by atomic mass is 10.1. The zero-order valence-electron chi connectivity index (χ0n) is 14.4. The third kappa shape index (κ3) is 5.86. The number of hydrogen-bond acceptors (Lipinski definition) is 2. The molecule has 1 amide bonds. The second-order valence-corrected chi connectivity index (χ2v) is 6.73. The first-order chi connectivity index (χ1) is 11.5. The topological polar surface area (TPSA) is 29.5 Å². The van der Waals surface area contributed by atoms with Crippen LogP contribution >= 0.6 is 0 Å². The Morgan fingerprint density at radius 3 is 2.24 bits per heavy atom. The van der Waals surface area contributed by atoms with Crippen molar-refractivity contribution in [1.82, 2.24) is 4.90 Å². The fourth-order valence-corrected chi connectivity index (χ4v) is 2.17. The summed E-state index contributed by atoms with van der Waals surface area (Å²) in [6, 6.07) is 4.74. The SMILES string of the molecule is CC(C)(C)OC(=O)N1CC=C(C#Cc2ccc(C(F)(F)F)cc2)CC1. The Labute approximate surface area is 145 Å². The molecule has 134 valence electrons. The van der Waals surface area contributed by atoms with Crippen LogP contribution < -0.4 is 0 Å². The number of ether oxygens (including phenoxy) is 1. The summed E-state index contributed by atoms with van der Waals surface area (Å²) in [6.07, 6.45) is -2.28. The van der Waals surface area contributed by atoms with Crippen LogP contribution in [0.5, 0.6) is 0 Å². The van der Waals surface area contributed by atoms with Crippen molar-refractivity contribution >= 4 is 6.09 Å². The quantitative estimate of drug-likeness (QED) is 0.638. The molecule has 0 aliphatic carbocycles. The normalized spacial score (nSPS) is 15.1. The van der Waals surface area contributed by atoms with Crippen LogP contribution in [0.3, 0.4) is 0 Å². The fourth-order valence-electron chi connectivity index (χ4n) is 2.17. The molecule has 0 saturated heterocycles. The van der Waals surface area contributed by atoms with Crippen LogP contribution in [0.2, 0.25) is 0 Å². The largest absolute Gasteiger partial charge is 0.444 e. The molecule has 3 nitrogen and oxygen atoms in total. The van der Waals surface area contributed by atoms with Crippen LogP contribution in [0.1, 0.15) is 38.3 Å². The molecule has 0 aromatic heterocycles. The smallest absolute Gasteiger partial charge is 0.416 e. The summed E-state index contributed by atoms with van der Waals surface area (Å²) < 4.78 is 42.9. The van der Waals surface area contributed by atoms with Crippen molar-refractivity contribution in [1.29, 1.82) is 0 Å². The van der Waals surface area contributed by atoms with Gasteiger partial charge in [0.05, 0.1) is 5.56 Å². The lowest BCUT2D eigenvalue weighted by Gasteiger charge is -2.28. The highest BCUT2D eigenvalue weighted by Crippen LogP contribution is 2.29. The molecule has 2 rings (SSSR count). The number of hydrogen-bond donors (Lipinski definition) is 0. The van der Waals surface area contributed by atoms with E-state index in [2.05, 4.69) is 11.8 Å². The first-order valence-electron chi connectivity index (χ1n) is 7.91. The molecular formula is C19H20F3NO2. The number of benzene rings is 1. The average Bonchev–Trinajstić information content (AvgIpc) is 2.51. The summed E-state index contributed by atoms with van der Waals surface area (Å²) >= 11 is 0. The van der Waals surface area contributed by atoms with Gasteiger partial charge >= 0.3 is 12.3 Å². The van der Waals surface area contributed by atoms with Crippen molar-refractivity contribution < 1.29 is 22.7 Å². The van der Waals surface area contributed by atoms with Gasteiger partial charge in [0.1, 0.15) is 5.60 Å². The Balaban J connectivity index is 1.97. The van der Waals surface area contributed by atoms with Gasteiger partial charge in [0.2, 0.25) is 0 Å². The van der Waals surface area contributed by atoms with Gasteiger partial charge in [-0.1, -0.05) is 17.9 Å². The maximum absolute atomic E-state index is 12.5. The van der Waals surface area contributed by atoms with Gasteiger partial charge in [-0.3, -0.25) is 0 Å². The number of alkyl halides is 3. The Morgan fingerprint density at radius 1 is 1.12 bits per heavy atom. The molecule has 1 aromatic rings. The van der Waals surface area contributed by atoms with Crippen LogP contribution in [0, 0.1) is 11.8 Å². The van der Waals surface area contributed by atoms with Gasteiger partial charge in [0.25, 0.3) is 0 Å². The summed E-state index contributed by atoms with van der Waals surface area (Å²) in [6.45, 7) is 6.34. The summed E-state index contributed by atoms with van der Waals surface area (Å²) in [5, 5.41) is 0. The van der Waals surface area contributed by atoms with Gasteiger partial charge in [-0.05, 0) is 51.5 Å². The number of halogens is 3. The van der Waals surface area contributed by atoms with Crippen molar-refractivity contribution in [2.24, 2.45) is 0 Å². The van der Waals surface area contributed by atoms with E-state index in [4.69, 9.17) is 4.74 Å². The number of carbonyl (C=O) groups is 1. The molecule has 25 heavy (non-hydrogen) atoms. The minimum absolute atomic E-state index is 0.363. The Kier molecular flexibility index (Phi) is 5.46. The van der Waals surface area contributed by atoms with Crippen molar-refractivity contribution in [2.45, 2.75) is 39.0 Å². The van der Waals surface area contributed by atoms with Crippen LogP contribution in [-0.2, 0) is 10.9 Å². The predicted octanol–water partition coefficient (Wildman–Crippen LogP) is 4.62. The van der Waals surface area contributed by atoms with Crippen molar-refractivity contribution in [3.8, 4) is 11.8 Å². The molecule has 1 aromatic carbocycles. The third-order valence-corrected chi connectivity index (χ3v) is 3.44. The average molecular weight is 351 g/mol. The molecule has 0 bridgehead atoms. The van der Waals surface area contributed by atoms with E-state index in [1.165, 1.54) is 12.1 Å². The minimum atomic E-state index is -4.34. The lowest BCUT2D eigenvalue weighted by molar-refractivity contribution is -0.137. The van der Waals surface area contributed by atoms with Crippen LogP contribution in [0.15, 0.2) is 35.9 Å². The number of amides is 1. The van der Waals surface area contributed by atoms with E-state index in [0.29, 0.717) is 25.1 Å². The van der Waals surface area contributed by atoms with E-state index in [0.717, 1.165) is 17.7 Å². The fraction of sp³-hybridized carbons (Fsp3) is 0.421. The second-order valence-electron chi connectivity index (χ2n) is 6.73. The molecular weight excluding hydrogens is 331 g/mol. The monoisotopic (exact) mass is 351 g/mol. The van der Waals surface area contributed by atoms with E-state index in [9.17, 15) is 18.0 Å². The molecule has 0 atom stereocenters. The Bertz CT molecular complexity index is 716. The number of nitrogens with zero attached hydrogens (tertiary/aromatic N) is 1. The molecule has 0 N–H and O–H groups in total. The highest BCUT2D eigenvalue weighted by molar-refractivity contribution is 5.68. The molecule has 0 saturated carbocycles. The second kappa shape index (κ2) is 7.22. The van der Waals surface area contributed by atoms with E-state index >= 15 is 0 Å². The zero-order chi connectivity index (χ0) is 18.7. The molecule has 0 radical (unpaired) electrons. The third-order valence-electron chi connectivity index (χ3n) is 3.44. The number of rotatable bonds is 0. The maximum Gasteiger partial charge on any atom is 0.416 e. The first kappa shape index (κ1) is 18.9. The van der Waals surface area contributed by atoms with Gasteiger partial charge in [-0.2, -0.15) is 13.2 Å². The highest BCUT2D eigenvalue weighted by Gasteiger charge is 2.29. The van der Waals surface area contributed by atoms with Gasteiger partial charge in [0.15, 0.2) is 0 Å². The minimum Gasteiger partial charge on any atom is -0.444 e. The van der Waals surface area contributed by atoms with Crippen molar-refractivity contribution in [2.75, 3.05) is 13.1 Å². The molecule has 0 fully saturated rings. The maximum atomic E-state index is 12.5. The van der Waals surface area contributed by atoms with Crippen LogP contribution in [-0.4, -0.2) is 29.7 Å². The van der Waals surface area contributed by atoms with E-state index < -0.39 is 17.3 Å². The van der Waals surface area contributed by atoms with Crippen LogP contribution in [0.25, 0.3) is 0 Å². The summed E-state index contributed by atoms with van der Waals surface area (Å²) in [5.41, 5.74) is 0.148. The van der Waals surface area contributed by atoms with Crippen molar-refractivity contribution in [3.63, 3.8) is 0 Å². The Hall–Kier alpha value is -2.42. The summed E-state index contributed by atoms with van der Waals surface area (Å²) in [5.74, 6) is 5.81. The molecule has 6 heteroatoms. The van der Waals surface area contributed by atoms with Gasteiger partial charge < -0.3 is 9.64 Å². The first-order valence-corrected chi connectivity index (χ1v) is 7.91. The number of carbonyl (C=O) groups excluding carboxylic acids is 1. The van der Waals surface area contributed by atoms with Gasteiger partial charge in [-0.15, -0.1) is 0 Å². The van der Waals surface area contributed by atoms with Gasteiger partial charge in [0, 0.05) is 24.2 Å². The molecule has 0 spiro atoms. The Morgan fingerprint density at radius 2 is 1.76 bits per heavy atom. The highest BCUT2D eigenvalue weighted by atomic mass is 19.4. The van der Waals surface area contributed by atoms with E-state index in [1.807, 2.05) is 26.8 Å². The summed E-state index contributed by atoms with van der Waals surface area (Å²) in [7, 11) is 0. The standard InChI is InChI=1S/C19H20F3NO2/c1-18(2,3)25-17(24)23-12-10-15(11-13-23)5-4-14-6-8-16(9-7-14)19(20,21)22/h6-10H,11-13H2,1-3H3. The van der Waals surface area contributed by atoms with E-state index in [1.54, 1.807) is 4.90 Å². The molecule has 1 heterocycles. The lowest BCUT2D eigenvalue weighted by Crippen LogP contribution is -2.39. The molecule has 0 unspecified atom stereocenters. The summed E-state index contributed by atoms with van der Waals surface area (Å²) in [4.78, 5) is 13.6. The molecule has 1 aliphatic rings.